The smallest absolute Gasteiger partial charge is 0.225 e. The second-order valence-electron chi connectivity index (χ2n) is 4.34. The molecule has 1 heterocycles. The highest BCUT2D eigenvalue weighted by molar-refractivity contribution is 7.90. The van der Waals surface area contributed by atoms with E-state index >= 15 is 0 Å². The number of sulfone groups is 1. The van der Waals surface area contributed by atoms with Crippen molar-refractivity contribution in [1.82, 2.24) is 4.98 Å². The largest absolute Gasteiger partial charge is 0.441 e. The number of amides is 1. The number of oxazole rings is 1. The fourth-order valence-corrected chi connectivity index (χ4v) is 2.18. The number of hydrogen-bond acceptors (Lipinski definition) is 5. The van der Waals surface area contributed by atoms with Gasteiger partial charge < -0.3 is 9.73 Å². The number of carbonyl (C=O) groups excluding carboxylic acids is 1. The van der Waals surface area contributed by atoms with E-state index in [4.69, 9.17) is 4.42 Å². The highest BCUT2D eigenvalue weighted by atomic mass is 32.2. The average molecular weight is 282 g/mol. The lowest BCUT2D eigenvalue weighted by Gasteiger charge is -2.04. The minimum Gasteiger partial charge on any atom is -0.441 e. The summed E-state index contributed by atoms with van der Waals surface area (Å²) in [6.45, 7) is 1.74. The monoisotopic (exact) mass is 282 g/mol. The number of benzene rings is 1. The van der Waals surface area contributed by atoms with Crippen LogP contribution in [0.3, 0.4) is 0 Å². The molecule has 1 amide bonds. The normalized spacial score (nSPS) is 11.7. The molecule has 0 aliphatic rings. The molecule has 0 fully saturated rings. The summed E-state index contributed by atoms with van der Waals surface area (Å²) in [6.07, 6.45) is 1.04. The summed E-state index contributed by atoms with van der Waals surface area (Å²) in [5.74, 6) is 0.0410. The lowest BCUT2D eigenvalue weighted by Crippen LogP contribution is -2.16. The molecule has 0 saturated carbocycles. The number of aryl methyl sites for hydroxylation is 1. The van der Waals surface area contributed by atoms with Gasteiger partial charge in [0.2, 0.25) is 5.91 Å². The van der Waals surface area contributed by atoms with Gasteiger partial charge >= 0.3 is 0 Å². The first-order valence-corrected chi connectivity index (χ1v) is 7.74. The summed E-state index contributed by atoms with van der Waals surface area (Å²) in [5, 5.41) is 2.62. The summed E-state index contributed by atoms with van der Waals surface area (Å²) < 4.78 is 27.3. The van der Waals surface area contributed by atoms with Crippen molar-refractivity contribution in [2.45, 2.75) is 13.3 Å². The molecule has 0 bridgehead atoms. The van der Waals surface area contributed by atoms with Crippen LogP contribution >= 0.6 is 0 Å². The van der Waals surface area contributed by atoms with Crippen LogP contribution in [-0.2, 0) is 14.6 Å². The summed E-state index contributed by atoms with van der Waals surface area (Å²) >= 11 is 0. The van der Waals surface area contributed by atoms with Crippen molar-refractivity contribution in [3.8, 4) is 0 Å². The third-order valence-electron chi connectivity index (χ3n) is 2.48. The van der Waals surface area contributed by atoms with Gasteiger partial charge in [0.25, 0.3) is 0 Å². The van der Waals surface area contributed by atoms with Crippen LogP contribution in [0.5, 0.6) is 0 Å². The number of nitrogens with zero attached hydrogens (tertiary/aromatic N) is 1. The standard InChI is InChI=1S/C12H14N2O4S/c1-8-13-10-4-3-9(7-11(10)18-8)14-12(15)5-6-19(2,16)17/h3-4,7H,5-6H2,1-2H3,(H,14,15). The number of rotatable bonds is 4. The summed E-state index contributed by atoms with van der Waals surface area (Å²) in [4.78, 5) is 15.7. The Balaban J connectivity index is 2.06. The third-order valence-corrected chi connectivity index (χ3v) is 3.42. The molecular formula is C12H14N2O4S. The van der Waals surface area contributed by atoms with Gasteiger partial charge in [-0.3, -0.25) is 4.79 Å². The van der Waals surface area contributed by atoms with E-state index in [1.807, 2.05) is 0 Å². The van der Waals surface area contributed by atoms with Gasteiger partial charge in [-0.2, -0.15) is 0 Å². The maximum Gasteiger partial charge on any atom is 0.225 e. The summed E-state index contributed by atoms with van der Waals surface area (Å²) in [7, 11) is -3.13. The Labute approximate surface area is 110 Å². The minimum absolute atomic E-state index is 0.0632. The highest BCUT2D eigenvalue weighted by Gasteiger charge is 2.09. The zero-order valence-electron chi connectivity index (χ0n) is 10.6. The maximum atomic E-state index is 11.6. The molecule has 0 atom stereocenters. The zero-order chi connectivity index (χ0) is 14.0. The van der Waals surface area contributed by atoms with Gasteiger partial charge in [-0.25, -0.2) is 13.4 Å². The Hall–Kier alpha value is -1.89. The SMILES string of the molecule is Cc1nc2ccc(NC(=O)CCS(C)(=O)=O)cc2o1. The number of anilines is 1. The lowest BCUT2D eigenvalue weighted by atomic mass is 10.3. The van der Waals surface area contributed by atoms with E-state index in [9.17, 15) is 13.2 Å². The third kappa shape index (κ3) is 3.78. The quantitative estimate of drug-likeness (QED) is 0.918. The molecule has 2 rings (SSSR count). The van der Waals surface area contributed by atoms with Gasteiger partial charge in [0.1, 0.15) is 15.4 Å². The average Bonchev–Trinajstić information content (AvgIpc) is 2.65. The van der Waals surface area contributed by atoms with Crippen molar-refractivity contribution in [3.63, 3.8) is 0 Å². The van der Waals surface area contributed by atoms with E-state index < -0.39 is 9.84 Å². The predicted octanol–water partition coefficient (Wildman–Crippen LogP) is 1.51. The molecule has 6 nitrogen and oxygen atoms in total. The molecule has 19 heavy (non-hydrogen) atoms. The molecule has 0 radical (unpaired) electrons. The van der Waals surface area contributed by atoms with Gasteiger partial charge in [-0.15, -0.1) is 0 Å². The van der Waals surface area contributed by atoms with Crippen molar-refractivity contribution in [2.24, 2.45) is 0 Å². The van der Waals surface area contributed by atoms with Crippen molar-refractivity contribution < 1.29 is 17.6 Å². The van der Waals surface area contributed by atoms with Crippen molar-refractivity contribution >= 4 is 32.5 Å². The van der Waals surface area contributed by atoms with Gasteiger partial charge in [0.05, 0.1) is 5.75 Å². The topological polar surface area (TPSA) is 89.3 Å². The van der Waals surface area contributed by atoms with E-state index in [1.165, 1.54) is 0 Å². The predicted molar refractivity (Wildman–Crippen MR) is 71.7 cm³/mol. The van der Waals surface area contributed by atoms with Crippen LogP contribution in [0, 0.1) is 6.92 Å². The first kappa shape index (κ1) is 13.5. The molecule has 1 N–H and O–H groups in total. The van der Waals surface area contributed by atoms with Gasteiger partial charge in [0, 0.05) is 31.4 Å². The molecule has 2 aromatic rings. The van der Waals surface area contributed by atoms with Crippen LogP contribution in [0.25, 0.3) is 11.1 Å². The van der Waals surface area contributed by atoms with Crippen LogP contribution in [0.1, 0.15) is 12.3 Å². The van der Waals surface area contributed by atoms with E-state index in [0.717, 1.165) is 6.26 Å². The number of hydrogen-bond donors (Lipinski definition) is 1. The highest BCUT2D eigenvalue weighted by Crippen LogP contribution is 2.19. The fourth-order valence-electron chi connectivity index (χ4n) is 1.62. The molecule has 0 unspecified atom stereocenters. The van der Waals surface area contributed by atoms with Crippen molar-refractivity contribution in [2.75, 3.05) is 17.3 Å². The number of aromatic nitrogens is 1. The van der Waals surface area contributed by atoms with Gasteiger partial charge in [-0.1, -0.05) is 0 Å². The molecule has 1 aromatic carbocycles. The van der Waals surface area contributed by atoms with Gasteiger partial charge in [-0.05, 0) is 12.1 Å². The molecule has 102 valence electrons. The molecule has 0 aliphatic carbocycles. The number of carbonyl (C=O) groups is 1. The number of nitrogens with one attached hydrogen (secondary N) is 1. The maximum absolute atomic E-state index is 11.6. The Bertz CT molecular complexity index is 718. The molecule has 1 aromatic heterocycles. The van der Waals surface area contributed by atoms with E-state index in [0.29, 0.717) is 22.7 Å². The van der Waals surface area contributed by atoms with Crippen LogP contribution < -0.4 is 5.32 Å². The van der Waals surface area contributed by atoms with E-state index in [1.54, 1.807) is 25.1 Å². The molecule has 0 aliphatic heterocycles. The molecule has 7 heteroatoms. The first-order valence-electron chi connectivity index (χ1n) is 5.68. The van der Waals surface area contributed by atoms with Crippen LogP contribution in [0.2, 0.25) is 0 Å². The Morgan fingerprint density at radius 2 is 2.16 bits per heavy atom. The second-order valence-corrected chi connectivity index (χ2v) is 6.60. The van der Waals surface area contributed by atoms with Crippen molar-refractivity contribution in [1.29, 1.82) is 0 Å². The van der Waals surface area contributed by atoms with Crippen LogP contribution in [-0.4, -0.2) is 31.3 Å². The molecule has 0 spiro atoms. The van der Waals surface area contributed by atoms with Crippen molar-refractivity contribution in [3.05, 3.63) is 24.1 Å². The van der Waals surface area contributed by atoms with Gasteiger partial charge in [0.15, 0.2) is 11.5 Å². The Morgan fingerprint density at radius 1 is 1.42 bits per heavy atom. The minimum atomic E-state index is -3.13. The molecule has 0 saturated heterocycles. The lowest BCUT2D eigenvalue weighted by molar-refractivity contribution is -0.115. The Morgan fingerprint density at radius 3 is 2.84 bits per heavy atom. The van der Waals surface area contributed by atoms with E-state index in [2.05, 4.69) is 10.3 Å². The summed E-state index contributed by atoms with van der Waals surface area (Å²) in [6, 6.07) is 5.09. The summed E-state index contributed by atoms with van der Waals surface area (Å²) in [5.41, 5.74) is 1.85. The fraction of sp³-hybridized carbons (Fsp3) is 0.333. The van der Waals surface area contributed by atoms with Crippen LogP contribution in [0.4, 0.5) is 5.69 Å². The Kier molecular flexibility index (Phi) is 3.57. The zero-order valence-corrected chi connectivity index (χ0v) is 11.5. The van der Waals surface area contributed by atoms with E-state index in [-0.39, 0.29) is 18.1 Å². The molecular weight excluding hydrogens is 268 g/mol. The van der Waals surface area contributed by atoms with Crippen LogP contribution in [0.15, 0.2) is 22.6 Å². The number of fused-ring (bicyclic) bond motifs is 1. The first-order chi connectivity index (χ1) is 8.83. The second kappa shape index (κ2) is 5.00.